The third-order valence-corrected chi connectivity index (χ3v) is 8.51. The van der Waals surface area contributed by atoms with E-state index in [1.807, 2.05) is 0 Å². The highest BCUT2D eigenvalue weighted by molar-refractivity contribution is 7.89. The molecule has 2 unspecified atom stereocenters. The number of nitro benzene ring substituents is 2. The van der Waals surface area contributed by atoms with Gasteiger partial charge in [0.15, 0.2) is 0 Å². The number of rotatable bonds is 12. The summed E-state index contributed by atoms with van der Waals surface area (Å²) in [6.07, 6.45) is -3.38. The smallest absolute Gasteiger partial charge is 0.269 e. The van der Waals surface area contributed by atoms with Gasteiger partial charge in [-0.25, -0.2) is 16.8 Å². The van der Waals surface area contributed by atoms with Gasteiger partial charge in [0, 0.05) is 35.4 Å². The molecule has 0 spiro atoms. The molecule has 13 nitrogen and oxygen atoms in total. The molecule has 0 amide bonds. The summed E-state index contributed by atoms with van der Waals surface area (Å²) in [5.74, 6) is 0. The Bertz CT molecular complexity index is 1640. The van der Waals surface area contributed by atoms with Gasteiger partial charge in [0.25, 0.3) is 11.4 Å². The van der Waals surface area contributed by atoms with Gasteiger partial charge >= 0.3 is 0 Å². The molecule has 0 aliphatic carbocycles. The third kappa shape index (κ3) is 7.36. The standard InChI is InChI=1S/C26H22N4O9S2/c31-29(32)21-11-7-9-19(17-21)25(27-40(35,36)23-13-3-1-4-14-23)39-26(20-10-8-12-22(18-20)30(33)34)28-41(37,38)24-15-5-2-6-16-24/h1-18,25-28H. The van der Waals surface area contributed by atoms with Crippen LogP contribution in [0.3, 0.4) is 0 Å². The number of non-ortho nitro benzene ring substituents is 2. The van der Waals surface area contributed by atoms with Crippen LogP contribution in [-0.2, 0) is 24.8 Å². The lowest BCUT2D eigenvalue weighted by Crippen LogP contribution is -2.37. The van der Waals surface area contributed by atoms with Crippen LogP contribution in [0.15, 0.2) is 119 Å². The van der Waals surface area contributed by atoms with Crippen LogP contribution in [0.1, 0.15) is 23.6 Å². The predicted octanol–water partition coefficient (Wildman–Crippen LogP) is 4.17. The lowest BCUT2D eigenvalue weighted by atomic mass is 10.1. The normalized spacial score (nSPS) is 13.3. The van der Waals surface area contributed by atoms with E-state index in [0.29, 0.717) is 0 Å². The molecule has 4 aromatic rings. The Hall–Kier alpha value is -4.54. The number of sulfonamides is 2. The molecule has 2 N–H and O–H groups in total. The first-order chi connectivity index (χ1) is 19.5. The summed E-state index contributed by atoms with van der Waals surface area (Å²) in [5, 5.41) is 22.9. The lowest BCUT2D eigenvalue weighted by molar-refractivity contribution is -0.385. The molecule has 0 heterocycles. The minimum atomic E-state index is -4.32. The van der Waals surface area contributed by atoms with E-state index in [0.717, 1.165) is 12.1 Å². The van der Waals surface area contributed by atoms with Crippen molar-refractivity contribution in [3.05, 3.63) is 141 Å². The Morgan fingerprint density at radius 1 is 0.561 bits per heavy atom. The summed E-state index contributed by atoms with van der Waals surface area (Å²) >= 11 is 0. The highest BCUT2D eigenvalue weighted by Gasteiger charge is 2.30. The number of nitrogens with one attached hydrogen (secondary N) is 2. The largest absolute Gasteiger partial charge is 0.335 e. The molecule has 212 valence electrons. The van der Waals surface area contributed by atoms with Crippen LogP contribution in [0.2, 0.25) is 0 Å². The van der Waals surface area contributed by atoms with Crippen LogP contribution in [0, 0.1) is 20.2 Å². The predicted molar refractivity (Wildman–Crippen MR) is 146 cm³/mol. The molecule has 4 rings (SSSR count). The summed E-state index contributed by atoms with van der Waals surface area (Å²) in [4.78, 5) is 21.2. The molecule has 0 aliphatic heterocycles. The monoisotopic (exact) mass is 598 g/mol. The van der Waals surface area contributed by atoms with Crippen LogP contribution in [0.4, 0.5) is 11.4 Å². The van der Waals surface area contributed by atoms with Crippen molar-refractivity contribution in [3.8, 4) is 0 Å². The number of nitro groups is 2. The maximum Gasteiger partial charge on any atom is 0.269 e. The van der Waals surface area contributed by atoms with Gasteiger partial charge in [0.1, 0.15) is 12.5 Å². The van der Waals surface area contributed by atoms with E-state index < -0.39 is 42.3 Å². The molecular weight excluding hydrogens is 576 g/mol. The minimum Gasteiger partial charge on any atom is -0.335 e. The first kappa shape index (κ1) is 29.4. The van der Waals surface area contributed by atoms with Crippen molar-refractivity contribution in [2.45, 2.75) is 22.2 Å². The van der Waals surface area contributed by atoms with Crippen molar-refractivity contribution in [2.24, 2.45) is 0 Å². The zero-order valence-corrected chi connectivity index (χ0v) is 22.6. The Morgan fingerprint density at radius 3 is 1.27 bits per heavy atom. The van der Waals surface area contributed by atoms with Crippen LogP contribution in [-0.4, -0.2) is 26.7 Å². The fourth-order valence-corrected chi connectivity index (χ4v) is 5.95. The van der Waals surface area contributed by atoms with E-state index in [1.54, 1.807) is 12.1 Å². The summed E-state index contributed by atoms with van der Waals surface area (Å²) in [5.41, 5.74) is -0.834. The average Bonchev–Trinajstić information content (AvgIpc) is 2.97. The second-order valence-corrected chi connectivity index (χ2v) is 11.9. The van der Waals surface area contributed by atoms with Crippen molar-refractivity contribution in [2.75, 3.05) is 0 Å². The zero-order chi connectivity index (χ0) is 29.6. The Labute approximate surface area is 234 Å². The second-order valence-electron chi connectivity index (χ2n) is 8.47. The number of ether oxygens (including phenoxy) is 1. The number of nitrogens with zero attached hydrogens (tertiary/aromatic N) is 2. The van der Waals surface area contributed by atoms with Gasteiger partial charge in [-0.15, -0.1) is 0 Å². The van der Waals surface area contributed by atoms with Gasteiger partial charge < -0.3 is 4.74 Å². The molecule has 2 atom stereocenters. The van der Waals surface area contributed by atoms with Gasteiger partial charge in [-0.2, -0.15) is 9.44 Å². The maximum absolute atomic E-state index is 13.2. The van der Waals surface area contributed by atoms with E-state index in [-0.39, 0.29) is 32.3 Å². The minimum absolute atomic E-state index is 0.0342. The van der Waals surface area contributed by atoms with E-state index in [9.17, 15) is 37.1 Å². The van der Waals surface area contributed by atoms with Crippen molar-refractivity contribution < 1.29 is 31.4 Å². The molecule has 0 saturated carbocycles. The summed E-state index contributed by atoms with van der Waals surface area (Å²) < 4.78 is 63.6. The molecule has 0 radical (unpaired) electrons. The maximum atomic E-state index is 13.2. The van der Waals surface area contributed by atoms with Gasteiger partial charge in [-0.1, -0.05) is 60.7 Å². The molecular formula is C26H22N4O9S2. The van der Waals surface area contributed by atoms with E-state index in [1.165, 1.54) is 84.9 Å². The zero-order valence-electron chi connectivity index (χ0n) is 20.9. The van der Waals surface area contributed by atoms with Gasteiger partial charge in [-0.3, -0.25) is 20.2 Å². The van der Waals surface area contributed by atoms with Crippen LogP contribution in [0.25, 0.3) is 0 Å². The van der Waals surface area contributed by atoms with E-state index in [2.05, 4.69) is 9.44 Å². The van der Waals surface area contributed by atoms with E-state index in [4.69, 9.17) is 4.74 Å². The van der Waals surface area contributed by atoms with Crippen molar-refractivity contribution in [1.82, 2.24) is 9.44 Å². The Morgan fingerprint density at radius 2 is 0.927 bits per heavy atom. The lowest BCUT2D eigenvalue weighted by Gasteiger charge is -2.27. The van der Waals surface area contributed by atoms with Crippen molar-refractivity contribution >= 4 is 31.4 Å². The SMILES string of the molecule is O=[N+]([O-])c1cccc(C(NS(=O)(=O)c2ccccc2)OC(NS(=O)(=O)c2ccccc2)c2cccc([N+](=O)[O-])c2)c1. The fourth-order valence-electron chi connectivity index (χ4n) is 3.70. The third-order valence-electron chi connectivity index (χ3n) is 5.67. The summed E-state index contributed by atoms with van der Waals surface area (Å²) in [6.45, 7) is 0. The molecule has 4 aromatic carbocycles. The van der Waals surface area contributed by atoms with Gasteiger partial charge in [0.2, 0.25) is 20.0 Å². The molecule has 0 aromatic heterocycles. The van der Waals surface area contributed by atoms with Gasteiger partial charge in [0.05, 0.1) is 19.6 Å². The molecule has 41 heavy (non-hydrogen) atoms. The fraction of sp³-hybridized carbons (Fsp3) is 0.0769. The quantitative estimate of drug-likeness (QED) is 0.137. The number of hydrogen-bond donors (Lipinski definition) is 2. The highest BCUT2D eigenvalue weighted by atomic mass is 32.2. The first-order valence-electron chi connectivity index (χ1n) is 11.8. The summed E-state index contributed by atoms with van der Waals surface area (Å²) in [7, 11) is -8.63. The summed E-state index contributed by atoms with van der Waals surface area (Å²) in [6, 6.07) is 24.2. The van der Waals surface area contributed by atoms with Crippen LogP contribution >= 0.6 is 0 Å². The van der Waals surface area contributed by atoms with Crippen molar-refractivity contribution in [1.29, 1.82) is 0 Å². The first-order valence-corrected chi connectivity index (χ1v) is 14.7. The van der Waals surface area contributed by atoms with Crippen LogP contribution < -0.4 is 9.44 Å². The highest BCUT2D eigenvalue weighted by Crippen LogP contribution is 2.30. The van der Waals surface area contributed by atoms with Gasteiger partial charge in [-0.05, 0) is 24.3 Å². The van der Waals surface area contributed by atoms with E-state index >= 15 is 0 Å². The molecule has 0 saturated heterocycles. The average molecular weight is 599 g/mol. The molecule has 0 aliphatic rings. The number of benzene rings is 4. The molecule has 15 heteroatoms. The van der Waals surface area contributed by atoms with Crippen LogP contribution in [0.5, 0.6) is 0 Å². The topological polar surface area (TPSA) is 188 Å². The molecule has 0 bridgehead atoms. The van der Waals surface area contributed by atoms with Crippen molar-refractivity contribution in [3.63, 3.8) is 0 Å². The number of hydrogen-bond acceptors (Lipinski definition) is 9. The Kier molecular flexibility index (Phi) is 8.85. The molecule has 0 fully saturated rings. The second kappa shape index (κ2) is 12.3. The Balaban J connectivity index is 1.82.